The number of nitrogens with one attached hydrogen (secondary N) is 1. The molecule has 2 saturated heterocycles. The van der Waals surface area contributed by atoms with Gasteiger partial charge in [0.25, 0.3) is 5.91 Å². The lowest BCUT2D eigenvalue weighted by Gasteiger charge is -2.48. The molecule has 2 fully saturated rings. The zero-order chi connectivity index (χ0) is 17.9. The molecule has 3 heterocycles. The molecule has 0 aliphatic carbocycles. The van der Waals surface area contributed by atoms with Crippen LogP contribution in [0.5, 0.6) is 0 Å². The maximum absolute atomic E-state index is 12.1. The number of pyridine rings is 1. The number of aromatic nitrogens is 1. The largest absolute Gasteiger partial charge is 0.356 e. The normalized spacial score (nSPS) is 23.8. The van der Waals surface area contributed by atoms with E-state index in [0.29, 0.717) is 18.5 Å². The lowest BCUT2D eigenvalue weighted by atomic mass is 9.73. The van der Waals surface area contributed by atoms with Gasteiger partial charge in [-0.25, -0.2) is 4.98 Å². The quantitative estimate of drug-likeness (QED) is 0.908. The highest BCUT2D eigenvalue weighted by atomic mass is 16.2. The van der Waals surface area contributed by atoms with Crippen LogP contribution in [0.4, 0.5) is 5.82 Å². The van der Waals surface area contributed by atoms with Gasteiger partial charge in [0.2, 0.25) is 5.91 Å². The number of rotatable bonds is 4. The lowest BCUT2D eigenvalue weighted by Crippen LogP contribution is -2.54. The first-order chi connectivity index (χ1) is 12.1. The monoisotopic (exact) mass is 344 g/mol. The molecule has 1 atom stereocenters. The van der Waals surface area contributed by atoms with Crippen LogP contribution in [-0.4, -0.2) is 54.4 Å². The van der Waals surface area contributed by atoms with E-state index in [0.717, 1.165) is 51.3 Å². The molecule has 2 amide bonds. The van der Waals surface area contributed by atoms with Crippen molar-refractivity contribution in [3.05, 3.63) is 23.9 Å². The molecule has 25 heavy (non-hydrogen) atoms. The fraction of sp³-hybridized carbons (Fsp3) is 0.632. The summed E-state index contributed by atoms with van der Waals surface area (Å²) in [5, 5.41) is 2.84. The first kappa shape index (κ1) is 17.7. The van der Waals surface area contributed by atoms with Gasteiger partial charge in [-0.1, -0.05) is 0 Å². The summed E-state index contributed by atoms with van der Waals surface area (Å²) in [6.45, 7) is 8.06. The van der Waals surface area contributed by atoms with E-state index < -0.39 is 0 Å². The molecule has 1 aromatic rings. The number of carbonyl (C=O) groups excluding carboxylic acids is 2. The number of carbonyl (C=O) groups is 2. The molecule has 0 bridgehead atoms. The predicted molar refractivity (Wildman–Crippen MR) is 97.6 cm³/mol. The minimum Gasteiger partial charge on any atom is -0.356 e. The van der Waals surface area contributed by atoms with Crippen LogP contribution in [0.15, 0.2) is 18.3 Å². The van der Waals surface area contributed by atoms with Crippen molar-refractivity contribution < 1.29 is 9.59 Å². The van der Waals surface area contributed by atoms with Crippen LogP contribution in [0.2, 0.25) is 0 Å². The van der Waals surface area contributed by atoms with Crippen molar-refractivity contribution in [1.29, 1.82) is 0 Å². The van der Waals surface area contributed by atoms with Crippen LogP contribution < -0.4 is 10.2 Å². The fourth-order valence-electron chi connectivity index (χ4n) is 4.12. The second kappa shape index (κ2) is 7.42. The Bertz CT molecular complexity index is 648. The van der Waals surface area contributed by atoms with Crippen LogP contribution in [-0.2, 0) is 4.79 Å². The van der Waals surface area contributed by atoms with Crippen LogP contribution >= 0.6 is 0 Å². The summed E-state index contributed by atoms with van der Waals surface area (Å²) in [5.74, 6) is 1.09. The lowest BCUT2D eigenvalue weighted by molar-refractivity contribution is -0.137. The summed E-state index contributed by atoms with van der Waals surface area (Å²) in [6.07, 6.45) is 5.56. The molecule has 2 aliphatic heterocycles. The fourth-order valence-corrected chi connectivity index (χ4v) is 4.12. The summed E-state index contributed by atoms with van der Waals surface area (Å²) < 4.78 is 0. The van der Waals surface area contributed by atoms with E-state index in [2.05, 4.69) is 22.1 Å². The number of amides is 2. The molecule has 0 saturated carbocycles. The predicted octanol–water partition coefficient (Wildman–Crippen LogP) is 2.06. The van der Waals surface area contributed by atoms with E-state index in [4.69, 9.17) is 0 Å². The highest BCUT2D eigenvalue weighted by molar-refractivity contribution is 5.94. The van der Waals surface area contributed by atoms with E-state index >= 15 is 0 Å². The molecule has 2 aliphatic rings. The highest BCUT2D eigenvalue weighted by Crippen LogP contribution is 2.39. The number of nitrogens with zero attached hydrogens (tertiary/aromatic N) is 3. The van der Waals surface area contributed by atoms with Crippen LogP contribution in [0.3, 0.4) is 0 Å². The van der Waals surface area contributed by atoms with Gasteiger partial charge in [0.1, 0.15) is 5.82 Å². The molecule has 1 unspecified atom stereocenters. The van der Waals surface area contributed by atoms with Gasteiger partial charge in [0.15, 0.2) is 0 Å². The number of hydrogen-bond acceptors (Lipinski definition) is 4. The molecule has 136 valence electrons. The molecule has 3 rings (SSSR count). The average molecular weight is 344 g/mol. The summed E-state index contributed by atoms with van der Waals surface area (Å²) in [5.41, 5.74) is 0.811. The zero-order valence-corrected chi connectivity index (χ0v) is 15.3. The SMILES string of the molecule is CCNC(=O)c1ccnc(N2CCCC3(CCC(=O)N(CC)C3)C2)c1. The Hall–Kier alpha value is -2.11. The van der Waals surface area contributed by atoms with Crippen molar-refractivity contribution in [2.75, 3.05) is 37.6 Å². The Kier molecular flexibility index (Phi) is 5.25. The third-order valence-electron chi connectivity index (χ3n) is 5.46. The third kappa shape index (κ3) is 3.78. The minimum absolute atomic E-state index is 0.0571. The molecule has 6 nitrogen and oxygen atoms in total. The van der Waals surface area contributed by atoms with Gasteiger partial charge < -0.3 is 15.1 Å². The van der Waals surface area contributed by atoms with Crippen molar-refractivity contribution in [3.8, 4) is 0 Å². The van der Waals surface area contributed by atoms with E-state index in [-0.39, 0.29) is 17.2 Å². The Morgan fingerprint density at radius 2 is 2.16 bits per heavy atom. The number of piperidine rings is 2. The topological polar surface area (TPSA) is 65.5 Å². The van der Waals surface area contributed by atoms with E-state index in [1.54, 1.807) is 12.3 Å². The van der Waals surface area contributed by atoms with Crippen molar-refractivity contribution in [3.63, 3.8) is 0 Å². The minimum atomic E-state index is -0.0571. The molecule has 1 N–H and O–H groups in total. The maximum atomic E-state index is 12.1. The van der Waals surface area contributed by atoms with Crippen molar-refractivity contribution in [1.82, 2.24) is 15.2 Å². The smallest absolute Gasteiger partial charge is 0.251 e. The number of hydrogen-bond donors (Lipinski definition) is 1. The van der Waals surface area contributed by atoms with Crippen LogP contribution in [0.1, 0.15) is 49.9 Å². The average Bonchev–Trinajstić information content (AvgIpc) is 2.64. The second-order valence-corrected chi connectivity index (χ2v) is 7.20. The maximum Gasteiger partial charge on any atom is 0.251 e. The molecule has 1 spiro atoms. The zero-order valence-electron chi connectivity index (χ0n) is 15.3. The van der Waals surface area contributed by atoms with E-state index in [1.165, 1.54) is 0 Å². The Morgan fingerprint density at radius 1 is 1.32 bits per heavy atom. The van der Waals surface area contributed by atoms with Gasteiger partial charge in [0, 0.05) is 56.3 Å². The number of likely N-dealkylation sites (tertiary alicyclic amines) is 1. The van der Waals surface area contributed by atoms with Crippen LogP contribution in [0.25, 0.3) is 0 Å². The highest BCUT2D eigenvalue weighted by Gasteiger charge is 2.41. The molecular formula is C19H28N4O2. The van der Waals surface area contributed by atoms with Crippen molar-refractivity contribution >= 4 is 17.6 Å². The van der Waals surface area contributed by atoms with Gasteiger partial charge in [-0.2, -0.15) is 0 Å². The van der Waals surface area contributed by atoms with Crippen molar-refractivity contribution in [2.24, 2.45) is 5.41 Å². The van der Waals surface area contributed by atoms with Gasteiger partial charge in [-0.15, -0.1) is 0 Å². The summed E-state index contributed by atoms with van der Waals surface area (Å²) in [7, 11) is 0. The molecular weight excluding hydrogens is 316 g/mol. The van der Waals surface area contributed by atoms with E-state index in [1.807, 2.05) is 17.9 Å². The summed E-state index contributed by atoms with van der Waals surface area (Å²) in [4.78, 5) is 32.9. The molecule has 1 aromatic heterocycles. The molecule has 0 aromatic carbocycles. The molecule has 0 radical (unpaired) electrons. The first-order valence-electron chi connectivity index (χ1n) is 9.34. The van der Waals surface area contributed by atoms with Gasteiger partial charge in [0.05, 0.1) is 0 Å². The Labute approximate surface area is 149 Å². The Balaban J connectivity index is 1.76. The van der Waals surface area contributed by atoms with Gasteiger partial charge in [-0.05, 0) is 45.2 Å². The van der Waals surface area contributed by atoms with Gasteiger partial charge in [-0.3, -0.25) is 9.59 Å². The van der Waals surface area contributed by atoms with Gasteiger partial charge >= 0.3 is 0 Å². The molecule has 6 heteroatoms. The standard InChI is InChI=1S/C19H28N4O2/c1-3-20-18(25)15-7-10-21-16(12-15)23-11-5-8-19(14-23)9-6-17(24)22(4-2)13-19/h7,10,12H,3-6,8-9,11,13-14H2,1-2H3,(H,20,25). The summed E-state index contributed by atoms with van der Waals surface area (Å²) >= 11 is 0. The van der Waals surface area contributed by atoms with Crippen LogP contribution in [0, 0.1) is 5.41 Å². The third-order valence-corrected chi connectivity index (χ3v) is 5.46. The second-order valence-electron chi connectivity index (χ2n) is 7.20. The first-order valence-corrected chi connectivity index (χ1v) is 9.34. The van der Waals surface area contributed by atoms with E-state index in [9.17, 15) is 9.59 Å². The Morgan fingerprint density at radius 3 is 2.92 bits per heavy atom. The number of anilines is 1. The summed E-state index contributed by atoms with van der Waals surface area (Å²) in [6, 6.07) is 3.64. The van der Waals surface area contributed by atoms with Crippen molar-refractivity contribution in [2.45, 2.75) is 39.5 Å².